The molecule has 4 rings (SSSR count). The van der Waals surface area contributed by atoms with Crippen molar-refractivity contribution in [3.8, 4) is 11.9 Å². The highest BCUT2D eigenvalue weighted by atomic mass is 19.1. The minimum atomic E-state index is -0.387. The Balaban J connectivity index is 0.000000314. The van der Waals surface area contributed by atoms with Gasteiger partial charge in [0, 0.05) is 37.9 Å². The van der Waals surface area contributed by atoms with Crippen molar-refractivity contribution >= 4 is 5.78 Å². The molecule has 1 aliphatic rings. The van der Waals surface area contributed by atoms with Crippen LogP contribution in [0.15, 0.2) is 66.7 Å². The molecule has 2 aromatic carbocycles. The lowest BCUT2D eigenvalue weighted by Gasteiger charge is -2.31. The van der Waals surface area contributed by atoms with E-state index in [2.05, 4.69) is 37.5 Å². The van der Waals surface area contributed by atoms with Gasteiger partial charge in [-0.2, -0.15) is 5.26 Å². The first-order valence-electron chi connectivity index (χ1n) is 14.8. The zero-order chi connectivity index (χ0) is 31.8. The lowest BCUT2D eigenvalue weighted by atomic mass is 9.93. The number of benzene rings is 2. The highest BCUT2D eigenvalue weighted by Crippen LogP contribution is 2.28. The molecule has 0 saturated carbocycles. The molecule has 0 aliphatic carbocycles. The molecule has 1 fully saturated rings. The minimum absolute atomic E-state index is 0.179. The third-order valence-corrected chi connectivity index (χ3v) is 7.16. The summed E-state index contributed by atoms with van der Waals surface area (Å²) in [5, 5.41) is 8.85. The summed E-state index contributed by atoms with van der Waals surface area (Å²) in [6, 6.07) is 18.9. The monoisotopic (exact) mass is 587 g/mol. The molecular weight excluding hydrogens is 541 g/mol. The predicted molar refractivity (Wildman–Crippen MR) is 171 cm³/mol. The van der Waals surface area contributed by atoms with E-state index in [-0.39, 0.29) is 17.2 Å². The van der Waals surface area contributed by atoms with Gasteiger partial charge < -0.3 is 9.47 Å². The van der Waals surface area contributed by atoms with Crippen molar-refractivity contribution in [2.75, 3.05) is 33.4 Å². The van der Waals surface area contributed by atoms with E-state index in [1.807, 2.05) is 31.2 Å². The number of ether oxygens (including phenoxy) is 2. The van der Waals surface area contributed by atoms with Gasteiger partial charge in [-0.05, 0) is 101 Å². The van der Waals surface area contributed by atoms with Gasteiger partial charge in [0.05, 0.1) is 17.2 Å². The Morgan fingerprint density at radius 3 is 2.30 bits per heavy atom. The van der Waals surface area contributed by atoms with Crippen molar-refractivity contribution in [2.24, 2.45) is 0 Å². The van der Waals surface area contributed by atoms with Crippen molar-refractivity contribution in [1.82, 2.24) is 9.88 Å². The number of rotatable bonds is 9. The standard InChI is InChI=1S/C22H25N3O.C10H11FO.C4H10O/c1-17(2)15-25-12-10-20(11-13-25)21-4-3-5-22(24-21)26-16-19-8-6-18(14-23)7-9-19;1-6-4-5-9(8(3)12)10(11)7(6)2;1-3-4-5-2/h3-9,20H,1,10-13,15-16H2,2H3;4-5H,1-3H3;3-4H2,1-2H3. The summed E-state index contributed by atoms with van der Waals surface area (Å²) in [4.78, 5) is 18.1. The number of aromatic nitrogens is 1. The zero-order valence-corrected chi connectivity index (χ0v) is 26.6. The fourth-order valence-electron chi connectivity index (χ4n) is 4.60. The second kappa shape index (κ2) is 18.6. The molecule has 1 aromatic heterocycles. The third-order valence-electron chi connectivity index (χ3n) is 7.16. The van der Waals surface area contributed by atoms with Gasteiger partial charge in [0.15, 0.2) is 5.78 Å². The molecule has 0 unspecified atom stereocenters. The van der Waals surface area contributed by atoms with Gasteiger partial charge in [-0.1, -0.05) is 43.3 Å². The number of hydrogen-bond donors (Lipinski definition) is 0. The number of halogens is 1. The van der Waals surface area contributed by atoms with Gasteiger partial charge in [-0.3, -0.25) is 9.69 Å². The Kier molecular flexibility index (Phi) is 15.3. The average molecular weight is 588 g/mol. The Bertz CT molecular complexity index is 1360. The van der Waals surface area contributed by atoms with Crippen LogP contribution < -0.4 is 4.74 Å². The van der Waals surface area contributed by atoms with Crippen LogP contribution in [0.25, 0.3) is 0 Å². The van der Waals surface area contributed by atoms with Crippen LogP contribution in [0.3, 0.4) is 0 Å². The van der Waals surface area contributed by atoms with E-state index in [1.165, 1.54) is 18.6 Å². The highest BCUT2D eigenvalue weighted by molar-refractivity contribution is 5.94. The van der Waals surface area contributed by atoms with Crippen molar-refractivity contribution in [2.45, 2.75) is 66.4 Å². The highest BCUT2D eigenvalue weighted by Gasteiger charge is 2.21. The van der Waals surface area contributed by atoms with Crippen LogP contribution >= 0.6 is 0 Å². The molecule has 0 amide bonds. The van der Waals surface area contributed by atoms with E-state index >= 15 is 0 Å². The summed E-state index contributed by atoms with van der Waals surface area (Å²) in [5.41, 5.74) is 5.64. The Morgan fingerprint density at radius 2 is 1.77 bits per heavy atom. The van der Waals surface area contributed by atoms with E-state index in [1.54, 1.807) is 32.2 Å². The molecule has 0 N–H and O–H groups in total. The van der Waals surface area contributed by atoms with Gasteiger partial charge in [0.2, 0.25) is 5.88 Å². The van der Waals surface area contributed by atoms with Gasteiger partial charge in [0.25, 0.3) is 0 Å². The molecule has 6 nitrogen and oxygen atoms in total. The SMILES string of the molecule is C=C(C)CN1CCC(c2cccc(OCc3ccc(C#N)cc3)n2)CC1.CC(=O)c1ccc(C)c(C)c1F.CCCOC. The average Bonchev–Trinajstić information content (AvgIpc) is 3.00. The number of Topliss-reactive ketones (excluding diaryl/α,β-unsaturated/α-hetero) is 1. The predicted octanol–water partition coefficient (Wildman–Crippen LogP) is 7.98. The number of ketones is 1. The molecule has 0 bridgehead atoms. The van der Waals surface area contributed by atoms with Gasteiger partial charge in [0.1, 0.15) is 12.4 Å². The normalized spacial score (nSPS) is 13.1. The van der Waals surface area contributed by atoms with E-state index < -0.39 is 0 Å². The van der Waals surface area contributed by atoms with E-state index in [0.29, 0.717) is 29.5 Å². The van der Waals surface area contributed by atoms with Crippen LogP contribution in [-0.4, -0.2) is 49.0 Å². The Hall–Kier alpha value is -3.86. The van der Waals surface area contributed by atoms with Crippen molar-refractivity contribution < 1.29 is 18.7 Å². The Morgan fingerprint density at radius 1 is 1.09 bits per heavy atom. The number of carbonyl (C=O) groups excluding carboxylic acids is 1. The first kappa shape index (κ1) is 35.3. The fourth-order valence-corrected chi connectivity index (χ4v) is 4.60. The number of piperidine rings is 1. The molecule has 2 heterocycles. The quantitative estimate of drug-likeness (QED) is 0.187. The fraction of sp³-hybridized carbons (Fsp3) is 0.417. The van der Waals surface area contributed by atoms with Crippen molar-refractivity contribution in [1.29, 1.82) is 5.26 Å². The molecule has 0 atom stereocenters. The van der Waals surface area contributed by atoms with Crippen LogP contribution in [0.5, 0.6) is 5.88 Å². The van der Waals surface area contributed by atoms with E-state index in [0.717, 1.165) is 62.3 Å². The lowest BCUT2D eigenvalue weighted by Crippen LogP contribution is -2.34. The topological polar surface area (TPSA) is 75.5 Å². The van der Waals surface area contributed by atoms with E-state index in [9.17, 15) is 9.18 Å². The van der Waals surface area contributed by atoms with E-state index in [4.69, 9.17) is 19.7 Å². The van der Waals surface area contributed by atoms with Gasteiger partial charge >= 0.3 is 0 Å². The number of aryl methyl sites for hydroxylation is 1. The maximum Gasteiger partial charge on any atom is 0.213 e. The summed E-state index contributed by atoms with van der Waals surface area (Å²) in [6.07, 6.45) is 3.37. The van der Waals surface area contributed by atoms with Crippen LogP contribution in [-0.2, 0) is 11.3 Å². The molecular formula is C36H46FN3O3. The molecule has 0 spiro atoms. The summed E-state index contributed by atoms with van der Waals surface area (Å²) < 4.78 is 23.8. The van der Waals surface area contributed by atoms with Crippen LogP contribution in [0.4, 0.5) is 4.39 Å². The number of nitriles is 1. The number of hydrogen-bond acceptors (Lipinski definition) is 6. The molecule has 3 aromatic rings. The second-order valence-electron chi connectivity index (χ2n) is 10.9. The Labute approximate surface area is 257 Å². The molecule has 230 valence electrons. The number of methoxy groups -OCH3 is 1. The molecule has 0 radical (unpaired) electrons. The first-order chi connectivity index (χ1) is 20.6. The van der Waals surface area contributed by atoms with Gasteiger partial charge in [-0.25, -0.2) is 9.37 Å². The summed E-state index contributed by atoms with van der Waals surface area (Å²) >= 11 is 0. The maximum atomic E-state index is 13.3. The van der Waals surface area contributed by atoms with Crippen molar-refractivity contribution in [3.63, 3.8) is 0 Å². The molecule has 1 saturated heterocycles. The zero-order valence-electron chi connectivity index (χ0n) is 26.6. The third kappa shape index (κ3) is 12.1. The molecule has 1 aliphatic heterocycles. The lowest BCUT2D eigenvalue weighted by molar-refractivity contribution is 0.101. The molecule has 43 heavy (non-hydrogen) atoms. The smallest absolute Gasteiger partial charge is 0.213 e. The number of likely N-dealkylation sites (tertiary alicyclic amines) is 1. The minimum Gasteiger partial charge on any atom is -0.473 e. The summed E-state index contributed by atoms with van der Waals surface area (Å²) in [6.45, 7) is 17.6. The first-order valence-corrected chi connectivity index (χ1v) is 14.8. The number of carbonyl (C=O) groups is 1. The van der Waals surface area contributed by atoms with Crippen LogP contribution in [0.1, 0.15) is 84.3 Å². The number of pyridine rings is 1. The van der Waals surface area contributed by atoms with Gasteiger partial charge in [-0.15, -0.1) is 0 Å². The van der Waals surface area contributed by atoms with Crippen LogP contribution in [0, 0.1) is 31.0 Å². The van der Waals surface area contributed by atoms with Crippen molar-refractivity contribution in [3.05, 3.63) is 106 Å². The number of nitrogens with zero attached hydrogens (tertiary/aromatic N) is 3. The molecule has 7 heteroatoms. The summed E-state index contributed by atoms with van der Waals surface area (Å²) in [5.74, 6) is 0.546. The van der Waals surface area contributed by atoms with Crippen LogP contribution in [0.2, 0.25) is 0 Å². The largest absolute Gasteiger partial charge is 0.473 e. The second-order valence-corrected chi connectivity index (χ2v) is 10.9. The maximum absolute atomic E-state index is 13.3. The summed E-state index contributed by atoms with van der Waals surface area (Å²) in [7, 11) is 1.71.